The van der Waals surface area contributed by atoms with Crippen LogP contribution in [0.1, 0.15) is 87.0 Å². The van der Waals surface area contributed by atoms with Gasteiger partial charge in [0, 0.05) is 18.4 Å². The highest BCUT2D eigenvalue weighted by molar-refractivity contribution is 7.80. The van der Waals surface area contributed by atoms with Gasteiger partial charge in [-0.1, -0.05) is 51.5 Å². The van der Waals surface area contributed by atoms with E-state index < -0.39 is 187 Å². The summed E-state index contributed by atoms with van der Waals surface area (Å²) in [5.41, 5.74) is 0.247. The van der Waals surface area contributed by atoms with Crippen LogP contribution in [0.25, 0.3) is 0 Å². The highest BCUT2D eigenvalue weighted by Gasteiger charge is 2.76. The van der Waals surface area contributed by atoms with E-state index in [0.717, 1.165) is 18.4 Å². The minimum atomic E-state index is -5.24. The van der Waals surface area contributed by atoms with Crippen LogP contribution in [0.2, 0.25) is 0 Å². The molecule has 82 heavy (non-hydrogen) atoms. The fraction of sp³-hybridized carbons (Fsp3) is 0.907. The molecule has 28 heteroatoms. The van der Waals surface area contributed by atoms with Crippen LogP contribution in [0.5, 0.6) is 0 Å². The van der Waals surface area contributed by atoms with Gasteiger partial charge in [0.25, 0.3) is 0 Å². The molecule has 31 atom stereocenters. The van der Waals surface area contributed by atoms with Gasteiger partial charge >= 0.3 is 16.4 Å². The zero-order valence-electron chi connectivity index (χ0n) is 47.2. The van der Waals surface area contributed by atoms with Gasteiger partial charge in [-0.3, -0.25) is 9.35 Å². The molecule has 27 nitrogen and oxygen atoms in total. The SMILES string of the molecule is C=C(C)[C@H]1[C@@H]2C[C@@]3(C)C4=CCC5C(C)(C)[C@@H](O[C@@H]6OC[C@@H](OS(=O)(=O)O)[C@H](O)[C@H]6O[C@@H]6O[C@H](C)[C@@H](O[C@@H]7O[C@H](CO)[C@@H](O)[C@H](O[C@@H]8OC[C@@H](O)[C@H](OC)[C@H]8O)[C@H]7O)[C@H](O)[C@H]6O[C@@H]6O[C@H](C)[C@@H](O)[C@H](O)[C@H]6O)CC[C@]5(C)C4CC[C@]13C(=O)O2. The molecule has 6 aliphatic heterocycles. The maximum absolute atomic E-state index is 13.8. The lowest BCUT2D eigenvalue weighted by atomic mass is 9.40. The van der Waals surface area contributed by atoms with Crippen LogP contribution in [-0.4, -0.2) is 250 Å². The zero-order chi connectivity index (χ0) is 59.7. The quantitative estimate of drug-likeness (QED) is 0.0479. The lowest BCUT2D eigenvalue weighted by molar-refractivity contribution is -0.404. The molecule has 468 valence electrons. The Morgan fingerprint density at radius 1 is 0.695 bits per heavy atom. The van der Waals surface area contributed by atoms with Crippen molar-refractivity contribution >= 4 is 16.4 Å². The third-order valence-electron chi connectivity index (χ3n) is 20.5. The maximum atomic E-state index is 13.8. The molecule has 4 aliphatic carbocycles. The molecule has 0 radical (unpaired) electrons. The predicted molar refractivity (Wildman–Crippen MR) is 273 cm³/mol. The summed E-state index contributed by atoms with van der Waals surface area (Å²) in [4.78, 5) is 13.8. The third-order valence-corrected chi connectivity index (χ3v) is 21.0. The Balaban J connectivity index is 0.919. The number of hydrogen-bond acceptors (Lipinski definition) is 26. The Morgan fingerprint density at radius 2 is 1.32 bits per heavy atom. The summed E-state index contributed by atoms with van der Waals surface area (Å²) in [6.07, 6.45) is -33.6. The Bertz CT molecular complexity index is 2470. The fourth-order valence-electron chi connectivity index (χ4n) is 16.3. The van der Waals surface area contributed by atoms with Crippen LogP contribution in [0.15, 0.2) is 23.8 Å². The molecule has 10 aliphatic rings. The van der Waals surface area contributed by atoms with Crippen molar-refractivity contribution in [2.75, 3.05) is 26.9 Å². The number of aliphatic hydroxyl groups is 10. The lowest BCUT2D eigenvalue weighted by Crippen LogP contribution is -2.68. The van der Waals surface area contributed by atoms with E-state index in [-0.39, 0.29) is 41.8 Å². The Labute approximate surface area is 475 Å². The summed E-state index contributed by atoms with van der Waals surface area (Å²) in [7, 11) is -4.01. The first kappa shape index (κ1) is 63.0. The highest BCUT2D eigenvalue weighted by Crippen LogP contribution is 2.76. The van der Waals surface area contributed by atoms with E-state index >= 15 is 0 Å². The largest absolute Gasteiger partial charge is 0.461 e. The molecular formula is C54H84O27S. The minimum Gasteiger partial charge on any atom is -0.461 e. The summed E-state index contributed by atoms with van der Waals surface area (Å²) in [6, 6.07) is 0. The van der Waals surface area contributed by atoms with Gasteiger partial charge in [0.15, 0.2) is 31.5 Å². The molecular weight excluding hydrogens is 1110 g/mol. The Morgan fingerprint density at radius 3 is 1.99 bits per heavy atom. The molecule has 2 bridgehead atoms. The fourth-order valence-corrected chi connectivity index (χ4v) is 16.8. The van der Waals surface area contributed by atoms with Crippen LogP contribution >= 0.6 is 0 Å². The number of rotatable bonds is 15. The van der Waals surface area contributed by atoms with Crippen LogP contribution < -0.4 is 0 Å². The van der Waals surface area contributed by atoms with Gasteiger partial charge in [-0.15, -0.1) is 0 Å². The van der Waals surface area contributed by atoms with Gasteiger partial charge < -0.3 is 108 Å². The predicted octanol–water partition coefficient (Wildman–Crippen LogP) is -2.02. The van der Waals surface area contributed by atoms with Gasteiger partial charge in [0.1, 0.15) is 104 Å². The van der Waals surface area contributed by atoms with Gasteiger partial charge in [-0.2, -0.15) is 8.42 Å². The molecule has 0 aromatic carbocycles. The normalized spacial score (nSPS) is 52.9. The Hall–Kier alpha value is -2.02. The first-order valence-corrected chi connectivity index (χ1v) is 29.8. The summed E-state index contributed by atoms with van der Waals surface area (Å²) < 4.78 is 111. The summed E-state index contributed by atoms with van der Waals surface area (Å²) in [6.45, 7) is 15.9. The average molecular weight is 1200 g/mol. The van der Waals surface area contributed by atoms with Crippen molar-refractivity contribution in [3.8, 4) is 0 Å². The highest BCUT2D eigenvalue weighted by atomic mass is 32.3. The first-order chi connectivity index (χ1) is 38.4. The van der Waals surface area contributed by atoms with Crippen molar-refractivity contribution in [3.05, 3.63) is 23.8 Å². The molecule has 0 amide bonds. The Kier molecular flexibility index (Phi) is 17.8. The number of esters is 1. The molecule has 6 heterocycles. The molecule has 10 rings (SSSR count). The van der Waals surface area contributed by atoms with E-state index in [2.05, 4.69) is 40.3 Å². The molecule has 9 fully saturated rings. The van der Waals surface area contributed by atoms with Crippen molar-refractivity contribution < 1.29 is 130 Å². The number of carbonyl (C=O) groups is 1. The van der Waals surface area contributed by atoms with E-state index in [1.165, 1.54) is 26.5 Å². The zero-order valence-corrected chi connectivity index (χ0v) is 48.0. The number of carbonyl (C=O) groups excluding carboxylic acids is 1. The van der Waals surface area contributed by atoms with Crippen LogP contribution in [0.3, 0.4) is 0 Å². The number of methoxy groups -OCH3 is 1. The molecule has 0 aromatic rings. The molecule has 1 spiro atoms. The van der Waals surface area contributed by atoms with E-state index in [4.69, 9.17) is 61.0 Å². The van der Waals surface area contributed by atoms with Gasteiger partial charge in [0.2, 0.25) is 0 Å². The number of hydrogen-bond donors (Lipinski definition) is 11. The monoisotopic (exact) mass is 1200 g/mol. The van der Waals surface area contributed by atoms with E-state index in [1.807, 2.05) is 6.92 Å². The third kappa shape index (κ3) is 10.5. The van der Waals surface area contributed by atoms with Gasteiger partial charge in [-0.05, 0) is 82.0 Å². The molecule has 0 aromatic heterocycles. The second kappa shape index (κ2) is 23.2. The number of aliphatic hydroxyl groups excluding tert-OH is 10. The number of fused-ring (bicyclic) bond motifs is 5. The first-order valence-electron chi connectivity index (χ1n) is 28.4. The average Bonchev–Trinajstić information content (AvgIpc) is 1.84. The van der Waals surface area contributed by atoms with Gasteiger partial charge in [-0.25, -0.2) is 4.18 Å². The van der Waals surface area contributed by atoms with Crippen molar-refractivity contribution in [3.63, 3.8) is 0 Å². The standard InChI is InChI=1S/C54H84O27S/c1-20(2)31-26-16-53(8)24-10-11-29-51(5,6)30(13-14-52(29,7)23(24)12-15-54(31,53)50(65)75-26)76-48-43(34(59)28(19-71-48)81-82(66,67)68)80-49-44(79-46-36(61)35(60)32(57)21(3)72-46)37(62)40(22(4)73-49)77-47-39(64)42(33(58)27(17-55)74-47)78-45-38(63)41(69-9)25(56)18-70-45/h10,21-23,25-49,55-64H,1,11-19H2,2-9H3,(H,66,67,68)/t21-,22-,23?,25-,26+,27-,28-,29?,30+,31+,32-,33-,34+,35+,36-,37+,38-,39-,40-,41+,42+,43-,44-,45+,46+,47+,48+,49+,52-,53+,54-/m1/s1. The maximum Gasteiger partial charge on any atom is 0.397 e. The number of allylic oxidation sites excluding steroid dienone is 2. The second-order valence-corrected chi connectivity index (χ2v) is 26.6. The van der Waals surface area contributed by atoms with E-state index in [0.29, 0.717) is 25.7 Å². The van der Waals surface area contributed by atoms with E-state index in [9.17, 15) is 68.8 Å². The van der Waals surface area contributed by atoms with Crippen molar-refractivity contribution in [2.24, 2.45) is 39.4 Å². The number of ether oxygens (including phenoxy) is 12. The molecule has 2 unspecified atom stereocenters. The molecule has 6 saturated heterocycles. The molecule has 11 N–H and O–H groups in total. The van der Waals surface area contributed by atoms with Crippen LogP contribution in [0, 0.1) is 39.4 Å². The van der Waals surface area contributed by atoms with Crippen molar-refractivity contribution in [1.29, 1.82) is 0 Å². The van der Waals surface area contributed by atoms with Gasteiger partial charge in [0.05, 0.1) is 43.5 Å². The van der Waals surface area contributed by atoms with Crippen molar-refractivity contribution in [1.82, 2.24) is 0 Å². The van der Waals surface area contributed by atoms with Crippen LogP contribution in [-0.2, 0) is 76.2 Å². The summed E-state index contributed by atoms with van der Waals surface area (Å²) in [5, 5.41) is 112. The minimum absolute atomic E-state index is 0.00958. The smallest absolute Gasteiger partial charge is 0.397 e. The molecule has 3 saturated carbocycles. The van der Waals surface area contributed by atoms with Crippen LogP contribution in [0.4, 0.5) is 0 Å². The topological polar surface area (TPSA) is 394 Å². The summed E-state index contributed by atoms with van der Waals surface area (Å²) >= 11 is 0. The van der Waals surface area contributed by atoms with E-state index in [1.54, 1.807) is 0 Å². The van der Waals surface area contributed by atoms with Crippen molar-refractivity contribution in [2.45, 2.75) is 241 Å². The summed E-state index contributed by atoms with van der Waals surface area (Å²) in [5.74, 6) is -0.0696. The lowest BCUT2D eigenvalue weighted by Gasteiger charge is -2.64. The second-order valence-electron chi connectivity index (χ2n) is 25.5.